The molecule has 2 aliphatic heterocycles. The van der Waals surface area contributed by atoms with Gasteiger partial charge in [-0.2, -0.15) is 0 Å². The number of nitrogens with two attached hydrogens (primary N) is 1. The molecule has 19 heavy (non-hydrogen) atoms. The van der Waals surface area contributed by atoms with Gasteiger partial charge in [0, 0.05) is 37.3 Å². The molecule has 1 aliphatic carbocycles. The van der Waals surface area contributed by atoms with Crippen molar-refractivity contribution in [2.24, 2.45) is 5.73 Å². The Labute approximate surface area is 117 Å². The minimum Gasteiger partial charge on any atom is -0.329 e. The Hall–Kier alpha value is -0.160. The van der Waals surface area contributed by atoms with E-state index in [9.17, 15) is 0 Å². The van der Waals surface area contributed by atoms with Gasteiger partial charge in [-0.3, -0.25) is 9.80 Å². The monoisotopic (exact) mass is 266 g/mol. The molecular formula is C15H30N4. The van der Waals surface area contributed by atoms with E-state index in [1.165, 1.54) is 58.3 Å². The van der Waals surface area contributed by atoms with E-state index in [0.717, 1.165) is 18.6 Å². The zero-order valence-electron chi connectivity index (χ0n) is 12.6. The lowest BCUT2D eigenvalue weighted by Crippen LogP contribution is -2.59. The molecule has 0 aromatic carbocycles. The third kappa shape index (κ3) is 2.68. The third-order valence-electron chi connectivity index (χ3n) is 5.79. The first-order valence-corrected chi connectivity index (χ1v) is 8.00. The molecule has 1 unspecified atom stereocenters. The summed E-state index contributed by atoms with van der Waals surface area (Å²) in [6.45, 7) is 5.76. The molecule has 3 rings (SSSR count). The van der Waals surface area contributed by atoms with Crippen LogP contribution in [0.2, 0.25) is 0 Å². The Morgan fingerprint density at radius 2 is 1.84 bits per heavy atom. The zero-order chi connectivity index (χ0) is 13.5. The lowest BCUT2D eigenvalue weighted by atomic mass is 9.91. The van der Waals surface area contributed by atoms with Gasteiger partial charge >= 0.3 is 0 Å². The average molecular weight is 266 g/mol. The fraction of sp³-hybridized carbons (Fsp3) is 1.00. The highest BCUT2D eigenvalue weighted by Crippen LogP contribution is 2.37. The van der Waals surface area contributed by atoms with Gasteiger partial charge in [0.15, 0.2) is 0 Å². The Morgan fingerprint density at radius 1 is 1.16 bits per heavy atom. The Morgan fingerprint density at radius 3 is 2.42 bits per heavy atom. The second kappa shape index (κ2) is 5.32. The van der Waals surface area contributed by atoms with Crippen LogP contribution in [0, 0.1) is 0 Å². The first-order chi connectivity index (χ1) is 9.14. The first-order valence-electron chi connectivity index (χ1n) is 8.00. The van der Waals surface area contributed by atoms with E-state index >= 15 is 0 Å². The fourth-order valence-corrected chi connectivity index (χ4v) is 4.01. The van der Waals surface area contributed by atoms with Crippen molar-refractivity contribution in [3.05, 3.63) is 0 Å². The number of rotatable bonds is 4. The standard InChI is InChI=1S/C15H30N4/c1-17-8-5-13(6-9-17)18(2)15(11-16)7-10-19(12-15)14-3-4-14/h13-14H,3-12,16H2,1-2H3. The first kappa shape index (κ1) is 13.8. The highest BCUT2D eigenvalue weighted by atomic mass is 15.3. The van der Waals surface area contributed by atoms with Gasteiger partial charge in [-0.15, -0.1) is 0 Å². The van der Waals surface area contributed by atoms with Crippen molar-refractivity contribution in [2.75, 3.05) is 46.8 Å². The van der Waals surface area contributed by atoms with Gasteiger partial charge in [-0.1, -0.05) is 0 Å². The molecular weight excluding hydrogens is 236 g/mol. The van der Waals surface area contributed by atoms with Crippen LogP contribution in [0.5, 0.6) is 0 Å². The normalized spacial score (nSPS) is 35.4. The van der Waals surface area contributed by atoms with Crippen molar-refractivity contribution in [3.8, 4) is 0 Å². The van der Waals surface area contributed by atoms with E-state index in [2.05, 4.69) is 28.8 Å². The van der Waals surface area contributed by atoms with Crippen LogP contribution in [0.1, 0.15) is 32.1 Å². The Kier molecular flexibility index (Phi) is 3.87. The molecule has 3 aliphatic rings. The predicted molar refractivity (Wildman–Crippen MR) is 79.3 cm³/mol. The van der Waals surface area contributed by atoms with Gasteiger partial charge in [0.25, 0.3) is 0 Å². The zero-order valence-corrected chi connectivity index (χ0v) is 12.6. The quantitative estimate of drug-likeness (QED) is 0.807. The molecule has 2 heterocycles. The molecule has 0 aromatic rings. The summed E-state index contributed by atoms with van der Waals surface area (Å²) in [7, 11) is 4.57. The van der Waals surface area contributed by atoms with E-state index < -0.39 is 0 Å². The molecule has 0 amide bonds. The molecule has 1 atom stereocenters. The minimum absolute atomic E-state index is 0.253. The number of likely N-dealkylation sites (tertiary alicyclic amines) is 2. The van der Waals surface area contributed by atoms with Gasteiger partial charge in [-0.05, 0) is 59.3 Å². The van der Waals surface area contributed by atoms with Crippen LogP contribution in [0.15, 0.2) is 0 Å². The maximum Gasteiger partial charge on any atom is 0.0470 e. The SMILES string of the molecule is CN1CCC(N(C)C2(CN)CCN(C3CC3)C2)CC1. The van der Waals surface area contributed by atoms with Crippen LogP contribution in [-0.2, 0) is 0 Å². The summed E-state index contributed by atoms with van der Waals surface area (Å²) in [4.78, 5) is 7.80. The van der Waals surface area contributed by atoms with E-state index in [1.807, 2.05) is 0 Å². The van der Waals surface area contributed by atoms with E-state index in [-0.39, 0.29) is 5.54 Å². The molecule has 3 fully saturated rings. The predicted octanol–water partition coefficient (Wildman–Crippen LogP) is 0.578. The largest absolute Gasteiger partial charge is 0.329 e. The van der Waals surface area contributed by atoms with Crippen molar-refractivity contribution in [1.82, 2.24) is 14.7 Å². The minimum atomic E-state index is 0.253. The number of piperidine rings is 1. The number of hydrogen-bond acceptors (Lipinski definition) is 4. The summed E-state index contributed by atoms with van der Waals surface area (Å²) in [6, 6.07) is 1.62. The highest BCUT2D eigenvalue weighted by molar-refractivity contribution is 5.04. The summed E-state index contributed by atoms with van der Waals surface area (Å²) in [6.07, 6.45) is 6.70. The summed E-state index contributed by atoms with van der Waals surface area (Å²) in [5.41, 5.74) is 6.46. The van der Waals surface area contributed by atoms with Gasteiger partial charge in [-0.25, -0.2) is 0 Å². The molecule has 110 valence electrons. The number of likely N-dealkylation sites (N-methyl/N-ethyl adjacent to an activating group) is 1. The van der Waals surface area contributed by atoms with Gasteiger partial charge < -0.3 is 10.6 Å². The maximum atomic E-state index is 6.21. The lowest BCUT2D eigenvalue weighted by molar-refractivity contribution is 0.0475. The van der Waals surface area contributed by atoms with E-state index in [0.29, 0.717) is 0 Å². The number of nitrogens with zero attached hydrogens (tertiary/aromatic N) is 3. The van der Waals surface area contributed by atoms with Crippen LogP contribution >= 0.6 is 0 Å². The second-order valence-corrected chi connectivity index (χ2v) is 7.03. The Bertz CT molecular complexity index is 309. The van der Waals surface area contributed by atoms with Crippen LogP contribution in [0.25, 0.3) is 0 Å². The van der Waals surface area contributed by atoms with Crippen LogP contribution < -0.4 is 5.73 Å². The summed E-state index contributed by atoms with van der Waals surface area (Å²) in [5.74, 6) is 0. The van der Waals surface area contributed by atoms with Crippen molar-refractivity contribution in [2.45, 2.75) is 49.7 Å². The molecule has 0 aromatic heterocycles. The highest BCUT2D eigenvalue weighted by Gasteiger charge is 2.46. The van der Waals surface area contributed by atoms with Crippen molar-refractivity contribution < 1.29 is 0 Å². The molecule has 0 bridgehead atoms. The molecule has 4 heteroatoms. The van der Waals surface area contributed by atoms with E-state index in [1.54, 1.807) is 0 Å². The van der Waals surface area contributed by atoms with Crippen molar-refractivity contribution >= 4 is 0 Å². The Balaban J connectivity index is 1.64. The summed E-state index contributed by atoms with van der Waals surface area (Å²) >= 11 is 0. The van der Waals surface area contributed by atoms with Gasteiger partial charge in [0.05, 0.1) is 0 Å². The molecule has 2 N–H and O–H groups in total. The van der Waals surface area contributed by atoms with Crippen molar-refractivity contribution in [1.29, 1.82) is 0 Å². The number of hydrogen-bond donors (Lipinski definition) is 1. The van der Waals surface area contributed by atoms with Gasteiger partial charge in [0.2, 0.25) is 0 Å². The van der Waals surface area contributed by atoms with Crippen LogP contribution in [0.3, 0.4) is 0 Å². The molecule has 2 saturated heterocycles. The summed E-state index contributed by atoms with van der Waals surface area (Å²) in [5, 5.41) is 0. The van der Waals surface area contributed by atoms with Crippen molar-refractivity contribution in [3.63, 3.8) is 0 Å². The second-order valence-electron chi connectivity index (χ2n) is 7.03. The summed E-state index contributed by atoms with van der Waals surface area (Å²) < 4.78 is 0. The molecule has 0 radical (unpaired) electrons. The topological polar surface area (TPSA) is 35.7 Å². The van der Waals surface area contributed by atoms with Gasteiger partial charge in [0.1, 0.15) is 0 Å². The fourth-order valence-electron chi connectivity index (χ4n) is 4.01. The third-order valence-corrected chi connectivity index (χ3v) is 5.79. The lowest BCUT2D eigenvalue weighted by Gasteiger charge is -2.45. The van der Waals surface area contributed by atoms with E-state index in [4.69, 9.17) is 5.73 Å². The smallest absolute Gasteiger partial charge is 0.0470 e. The van der Waals surface area contributed by atoms with Crippen LogP contribution in [0.4, 0.5) is 0 Å². The molecule has 0 spiro atoms. The van der Waals surface area contributed by atoms with Crippen LogP contribution in [-0.4, -0.2) is 79.1 Å². The molecule has 1 saturated carbocycles. The molecule has 4 nitrogen and oxygen atoms in total. The maximum absolute atomic E-state index is 6.21. The average Bonchev–Trinajstić information content (AvgIpc) is 3.19.